The fraction of sp³-hybridized carbons (Fsp3) is 0.650. The number of phosphoric acid groups is 1. The lowest BCUT2D eigenvalue weighted by molar-refractivity contribution is -0.144. The van der Waals surface area contributed by atoms with Gasteiger partial charge in [-0.1, -0.05) is 13.3 Å². The van der Waals surface area contributed by atoms with Crippen LogP contribution in [0, 0.1) is 0 Å². The zero-order valence-electron chi connectivity index (χ0n) is 19.9. The molecule has 1 fully saturated rings. The quantitative estimate of drug-likeness (QED) is 0.234. The first-order valence-corrected chi connectivity index (χ1v) is 12.6. The number of fused-ring (bicyclic) bond motifs is 1. The SMILES string of the molecule is CCCCC(=O)OCCOP(=O)(OC)OC[C@@H]1CC[C@H](n2cnc3c(OC(C)=O)nc(N)nc32)O1. The third-order valence-electron chi connectivity index (χ3n) is 5.01. The van der Waals surface area contributed by atoms with E-state index in [-0.39, 0.29) is 43.1 Å². The molecule has 1 aliphatic rings. The first-order chi connectivity index (χ1) is 16.7. The molecule has 2 N–H and O–H groups in total. The molecule has 3 heterocycles. The van der Waals surface area contributed by atoms with Gasteiger partial charge in [0.05, 0.1) is 25.6 Å². The third kappa shape index (κ3) is 7.42. The van der Waals surface area contributed by atoms with E-state index in [2.05, 4.69) is 15.0 Å². The fourth-order valence-corrected chi connectivity index (χ4v) is 4.29. The van der Waals surface area contributed by atoms with Crippen molar-refractivity contribution in [3.63, 3.8) is 0 Å². The number of phosphoric ester groups is 1. The molecule has 1 saturated heterocycles. The van der Waals surface area contributed by atoms with Gasteiger partial charge in [0.1, 0.15) is 12.8 Å². The normalized spacial score (nSPS) is 19.5. The molecule has 2 aromatic rings. The van der Waals surface area contributed by atoms with Crippen molar-refractivity contribution in [3.8, 4) is 5.88 Å². The number of imidazole rings is 1. The number of unbranched alkanes of at least 4 members (excludes halogenated alkanes) is 1. The van der Waals surface area contributed by atoms with E-state index in [1.807, 2.05) is 6.92 Å². The lowest BCUT2D eigenvalue weighted by atomic mass is 10.2. The number of aromatic nitrogens is 4. The van der Waals surface area contributed by atoms with Crippen LogP contribution in [0.5, 0.6) is 5.88 Å². The molecule has 0 spiro atoms. The summed E-state index contributed by atoms with van der Waals surface area (Å²) in [7, 11) is -2.65. The van der Waals surface area contributed by atoms with Gasteiger partial charge in [0.2, 0.25) is 5.95 Å². The van der Waals surface area contributed by atoms with E-state index in [0.717, 1.165) is 12.8 Å². The van der Waals surface area contributed by atoms with Crippen LogP contribution < -0.4 is 10.5 Å². The Morgan fingerprint density at radius 2 is 2.06 bits per heavy atom. The van der Waals surface area contributed by atoms with E-state index in [9.17, 15) is 14.2 Å². The zero-order chi connectivity index (χ0) is 25.4. The maximum atomic E-state index is 12.7. The summed E-state index contributed by atoms with van der Waals surface area (Å²) in [5.41, 5.74) is 6.37. The summed E-state index contributed by atoms with van der Waals surface area (Å²) in [5.74, 6) is -1.02. The number of nitrogens with zero attached hydrogens (tertiary/aromatic N) is 4. The molecule has 14 nitrogen and oxygen atoms in total. The van der Waals surface area contributed by atoms with E-state index in [4.69, 9.17) is 33.5 Å². The molecule has 1 aliphatic heterocycles. The first-order valence-electron chi connectivity index (χ1n) is 11.2. The number of carbonyl (C=O) groups is 2. The van der Waals surface area contributed by atoms with Crippen molar-refractivity contribution in [1.29, 1.82) is 0 Å². The van der Waals surface area contributed by atoms with Gasteiger partial charge in [0.25, 0.3) is 5.88 Å². The van der Waals surface area contributed by atoms with Gasteiger partial charge in [-0.3, -0.25) is 27.7 Å². The minimum absolute atomic E-state index is 0.0362. The molecule has 1 unspecified atom stereocenters. The second-order valence-electron chi connectivity index (χ2n) is 7.68. The van der Waals surface area contributed by atoms with Crippen LogP contribution in [0.4, 0.5) is 5.95 Å². The number of carbonyl (C=O) groups excluding carboxylic acids is 2. The summed E-state index contributed by atoms with van der Waals surface area (Å²) in [6, 6.07) is 0. The number of hydrogen-bond donors (Lipinski definition) is 1. The Morgan fingerprint density at radius 3 is 2.77 bits per heavy atom. The Bertz CT molecular complexity index is 1080. The molecule has 3 rings (SSSR count). The molecule has 3 atom stereocenters. The number of rotatable bonds is 13. The smallest absolute Gasteiger partial charge is 0.463 e. The molecule has 0 bridgehead atoms. The van der Waals surface area contributed by atoms with Crippen LogP contribution in [0.15, 0.2) is 6.33 Å². The van der Waals surface area contributed by atoms with Gasteiger partial charge in [-0.25, -0.2) is 9.55 Å². The first kappa shape index (κ1) is 27.0. The van der Waals surface area contributed by atoms with E-state index >= 15 is 0 Å². The summed E-state index contributed by atoms with van der Waals surface area (Å²) in [4.78, 5) is 35.2. The Labute approximate surface area is 202 Å². The van der Waals surface area contributed by atoms with Crippen LogP contribution >= 0.6 is 7.82 Å². The summed E-state index contributed by atoms with van der Waals surface area (Å²) in [6.07, 6.45) is 3.73. The number of anilines is 1. The Balaban J connectivity index is 1.53. The summed E-state index contributed by atoms with van der Waals surface area (Å²) >= 11 is 0. The van der Waals surface area contributed by atoms with Gasteiger partial charge in [-0.15, -0.1) is 0 Å². The predicted molar refractivity (Wildman–Crippen MR) is 121 cm³/mol. The number of nitrogens with two attached hydrogens (primary N) is 1. The third-order valence-corrected chi connectivity index (χ3v) is 6.43. The lowest BCUT2D eigenvalue weighted by Crippen LogP contribution is -2.17. The van der Waals surface area contributed by atoms with Gasteiger partial charge in [-0.05, 0) is 19.3 Å². The topological polar surface area (TPSA) is 176 Å². The highest BCUT2D eigenvalue weighted by atomic mass is 31.2. The minimum atomic E-state index is -3.86. The van der Waals surface area contributed by atoms with Crippen LogP contribution in [0.2, 0.25) is 0 Å². The van der Waals surface area contributed by atoms with Crippen molar-refractivity contribution in [2.45, 2.75) is 58.3 Å². The number of ether oxygens (including phenoxy) is 3. The van der Waals surface area contributed by atoms with Crippen molar-refractivity contribution in [2.75, 3.05) is 32.7 Å². The second kappa shape index (κ2) is 12.4. The molecule has 0 saturated carbocycles. The van der Waals surface area contributed by atoms with E-state index < -0.39 is 26.1 Å². The highest BCUT2D eigenvalue weighted by Crippen LogP contribution is 2.49. The van der Waals surface area contributed by atoms with E-state index in [0.29, 0.717) is 24.9 Å². The highest BCUT2D eigenvalue weighted by Gasteiger charge is 2.33. The molecule has 15 heteroatoms. The molecule has 0 radical (unpaired) electrons. The molecule has 2 aromatic heterocycles. The van der Waals surface area contributed by atoms with Crippen molar-refractivity contribution >= 4 is 36.9 Å². The van der Waals surface area contributed by atoms with Crippen LogP contribution in [0.25, 0.3) is 11.2 Å². The lowest BCUT2D eigenvalue weighted by Gasteiger charge is -2.19. The Hall–Kier alpha value is -2.64. The number of esters is 2. The monoisotopic (exact) mass is 515 g/mol. The molecule has 0 amide bonds. The Morgan fingerprint density at radius 1 is 1.26 bits per heavy atom. The van der Waals surface area contributed by atoms with Gasteiger partial charge < -0.3 is 19.9 Å². The number of hydrogen-bond acceptors (Lipinski definition) is 13. The van der Waals surface area contributed by atoms with Gasteiger partial charge >= 0.3 is 19.8 Å². The minimum Gasteiger partial charge on any atom is -0.463 e. The van der Waals surface area contributed by atoms with Crippen LogP contribution in [0.1, 0.15) is 52.2 Å². The average Bonchev–Trinajstić information content (AvgIpc) is 3.45. The van der Waals surface area contributed by atoms with Crippen LogP contribution in [0.3, 0.4) is 0 Å². The van der Waals surface area contributed by atoms with Crippen molar-refractivity contribution in [2.24, 2.45) is 0 Å². The van der Waals surface area contributed by atoms with Crippen molar-refractivity contribution in [3.05, 3.63) is 6.33 Å². The molecule has 194 valence electrons. The van der Waals surface area contributed by atoms with Crippen molar-refractivity contribution < 1.29 is 41.9 Å². The maximum absolute atomic E-state index is 12.7. The molecular formula is C20H30N5O9P. The van der Waals surface area contributed by atoms with Gasteiger partial charge in [0.15, 0.2) is 11.2 Å². The van der Waals surface area contributed by atoms with Gasteiger partial charge in [0, 0.05) is 20.5 Å². The maximum Gasteiger partial charge on any atom is 0.474 e. The predicted octanol–water partition coefficient (Wildman–Crippen LogP) is 2.53. The highest BCUT2D eigenvalue weighted by molar-refractivity contribution is 7.48. The molecular weight excluding hydrogens is 485 g/mol. The summed E-state index contributed by atoms with van der Waals surface area (Å²) < 4.78 is 45.9. The summed E-state index contributed by atoms with van der Waals surface area (Å²) in [5, 5.41) is 0. The van der Waals surface area contributed by atoms with E-state index in [1.165, 1.54) is 20.4 Å². The molecule has 0 aromatic carbocycles. The average molecular weight is 515 g/mol. The number of nitrogen functional groups attached to an aromatic ring is 1. The second-order valence-corrected chi connectivity index (χ2v) is 9.45. The Kier molecular flexibility index (Phi) is 9.52. The molecule has 0 aliphatic carbocycles. The standard InChI is InChI=1S/C20H30N5O9P/c1-4-5-6-16(27)30-9-10-31-35(28,29-3)32-11-14-7-8-15(34-14)25-12-22-17-18(25)23-20(21)24-19(17)33-13(2)26/h12,14-15H,4-11H2,1-3H3,(H2,21,23,24)/t14-,15+,35?/m0/s1. The van der Waals surface area contributed by atoms with Crippen molar-refractivity contribution in [1.82, 2.24) is 19.5 Å². The fourth-order valence-electron chi connectivity index (χ4n) is 3.35. The summed E-state index contributed by atoms with van der Waals surface area (Å²) in [6.45, 7) is 2.97. The van der Waals surface area contributed by atoms with Gasteiger partial charge in [-0.2, -0.15) is 9.97 Å². The largest absolute Gasteiger partial charge is 0.474 e. The van der Waals surface area contributed by atoms with Crippen LogP contribution in [-0.4, -0.2) is 64.5 Å². The van der Waals surface area contributed by atoms with Crippen LogP contribution in [-0.2, 0) is 37.2 Å². The zero-order valence-corrected chi connectivity index (χ0v) is 20.8. The van der Waals surface area contributed by atoms with E-state index in [1.54, 1.807) is 4.57 Å². The molecule has 35 heavy (non-hydrogen) atoms.